The minimum atomic E-state index is -3.74. The number of likely N-dealkylation sites (N-methyl/N-ethyl adjacent to an activating group) is 1. The van der Waals surface area contributed by atoms with Crippen LogP contribution < -0.4 is 5.32 Å². The van der Waals surface area contributed by atoms with Gasteiger partial charge in [0.1, 0.15) is 4.90 Å². The minimum absolute atomic E-state index is 0.0521. The molecular weight excluding hydrogens is 296 g/mol. The normalized spacial score (nSPS) is 17.6. The van der Waals surface area contributed by atoms with Gasteiger partial charge in [-0.25, -0.2) is 8.42 Å². The molecule has 1 saturated heterocycles. The summed E-state index contributed by atoms with van der Waals surface area (Å²) in [5.74, 6) is 0. The van der Waals surface area contributed by atoms with E-state index in [2.05, 4.69) is 5.32 Å². The zero-order chi connectivity index (χ0) is 15.6. The van der Waals surface area contributed by atoms with E-state index in [1.165, 1.54) is 16.4 Å². The second-order valence-electron chi connectivity index (χ2n) is 4.89. The molecular formula is C12H18N4O4S. The smallest absolute Gasteiger partial charge is 0.270 e. The average Bonchev–Trinajstić information content (AvgIpc) is 2.46. The van der Waals surface area contributed by atoms with Crippen LogP contribution >= 0.6 is 0 Å². The number of rotatable bonds is 4. The second kappa shape index (κ2) is 5.96. The van der Waals surface area contributed by atoms with Crippen molar-refractivity contribution in [2.45, 2.75) is 4.90 Å². The minimum Gasteiger partial charge on any atom is -0.387 e. The molecule has 1 aliphatic rings. The van der Waals surface area contributed by atoms with Gasteiger partial charge in [0, 0.05) is 45.4 Å². The fraction of sp³-hybridized carbons (Fsp3) is 0.500. The predicted octanol–water partition coefficient (Wildman–Crippen LogP) is 0.573. The third-order valence-corrected chi connectivity index (χ3v) is 5.46. The molecule has 0 saturated carbocycles. The Balaban J connectivity index is 2.43. The summed E-state index contributed by atoms with van der Waals surface area (Å²) in [5.41, 5.74) is 0.126. The summed E-state index contributed by atoms with van der Waals surface area (Å²) in [5, 5.41) is 13.6. The lowest BCUT2D eigenvalue weighted by atomic mass is 10.3. The van der Waals surface area contributed by atoms with Crippen LogP contribution in [0.2, 0.25) is 0 Å². The molecule has 0 bridgehead atoms. The van der Waals surface area contributed by atoms with Crippen molar-refractivity contribution in [3.05, 3.63) is 28.3 Å². The predicted molar refractivity (Wildman–Crippen MR) is 78.9 cm³/mol. The number of piperazine rings is 1. The molecule has 1 N–H and O–H groups in total. The monoisotopic (exact) mass is 314 g/mol. The average molecular weight is 314 g/mol. The van der Waals surface area contributed by atoms with E-state index < -0.39 is 14.9 Å². The number of sulfonamides is 1. The lowest BCUT2D eigenvalue weighted by Crippen LogP contribution is -2.47. The van der Waals surface area contributed by atoms with Crippen LogP contribution in [0.15, 0.2) is 23.1 Å². The highest BCUT2D eigenvalue weighted by Gasteiger charge is 2.30. The first-order valence-corrected chi connectivity index (χ1v) is 7.95. The van der Waals surface area contributed by atoms with Gasteiger partial charge in [-0.1, -0.05) is 0 Å². The van der Waals surface area contributed by atoms with Crippen molar-refractivity contribution >= 4 is 21.4 Å². The molecule has 8 nitrogen and oxygen atoms in total. The molecule has 116 valence electrons. The van der Waals surface area contributed by atoms with E-state index in [9.17, 15) is 18.5 Å². The van der Waals surface area contributed by atoms with Crippen molar-refractivity contribution < 1.29 is 13.3 Å². The zero-order valence-corrected chi connectivity index (χ0v) is 12.8. The molecule has 0 aromatic heterocycles. The molecule has 1 heterocycles. The Kier molecular flexibility index (Phi) is 4.45. The van der Waals surface area contributed by atoms with Gasteiger partial charge in [-0.2, -0.15) is 4.31 Å². The lowest BCUT2D eigenvalue weighted by Gasteiger charge is -2.31. The van der Waals surface area contributed by atoms with Crippen molar-refractivity contribution in [2.24, 2.45) is 0 Å². The van der Waals surface area contributed by atoms with E-state index in [0.717, 1.165) is 6.07 Å². The second-order valence-corrected chi connectivity index (χ2v) is 6.80. The van der Waals surface area contributed by atoms with Crippen molar-refractivity contribution in [1.29, 1.82) is 0 Å². The number of hydrogen-bond donors (Lipinski definition) is 1. The van der Waals surface area contributed by atoms with E-state index in [1.54, 1.807) is 7.05 Å². The van der Waals surface area contributed by atoms with Gasteiger partial charge in [0.05, 0.1) is 10.6 Å². The first-order valence-electron chi connectivity index (χ1n) is 6.51. The summed E-state index contributed by atoms with van der Waals surface area (Å²) in [6.07, 6.45) is 0. The van der Waals surface area contributed by atoms with Crippen LogP contribution in [0, 0.1) is 10.1 Å². The zero-order valence-electron chi connectivity index (χ0n) is 11.9. The van der Waals surface area contributed by atoms with Crippen LogP contribution in [-0.4, -0.2) is 62.8 Å². The SMILES string of the molecule is CNc1ccc([N+](=O)[O-])cc1S(=O)(=O)N1CCN(C)CC1. The summed E-state index contributed by atoms with van der Waals surface area (Å²) in [7, 11) is -0.230. The van der Waals surface area contributed by atoms with Crippen LogP contribution in [0.5, 0.6) is 0 Å². The Morgan fingerprint density at radius 1 is 1.24 bits per heavy atom. The molecule has 0 spiro atoms. The van der Waals surface area contributed by atoms with Crippen LogP contribution in [0.3, 0.4) is 0 Å². The van der Waals surface area contributed by atoms with Gasteiger partial charge in [0.15, 0.2) is 0 Å². The quantitative estimate of drug-likeness (QED) is 0.645. The van der Waals surface area contributed by atoms with Crippen molar-refractivity contribution in [1.82, 2.24) is 9.21 Å². The summed E-state index contributed by atoms with van der Waals surface area (Å²) >= 11 is 0. The van der Waals surface area contributed by atoms with E-state index in [0.29, 0.717) is 31.9 Å². The number of nitrogens with zero attached hydrogens (tertiary/aromatic N) is 3. The van der Waals surface area contributed by atoms with Crippen molar-refractivity contribution in [3.63, 3.8) is 0 Å². The number of anilines is 1. The lowest BCUT2D eigenvalue weighted by molar-refractivity contribution is -0.385. The molecule has 2 rings (SSSR count). The maximum absolute atomic E-state index is 12.7. The van der Waals surface area contributed by atoms with E-state index in [1.807, 2.05) is 11.9 Å². The fourth-order valence-corrected chi connectivity index (χ4v) is 3.85. The first-order chi connectivity index (χ1) is 9.86. The molecule has 9 heteroatoms. The largest absolute Gasteiger partial charge is 0.387 e. The molecule has 0 amide bonds. The molecule has 0 unspecified atom stereocenters. The summed E-state index contributed by atoms with van der Waals surface area (Å²) in [6.45, 7) is 2.04. The molecule has 0 aliphatic carbocycles. The Labute approximate surface area is 123 Å². The van der Waals surface area contributed by atoms with E-state index in [4.69, 9.17) is 0 Å². The van der Waals surface area contributed by atoms with Crippen molar-refractivity contribution in [2.75, 3.05) is 45.6 Å². The van der Waals surface area contributed by atoms with Crippen molar-refractivity contribution in [3.8, 4) is 0 Å². The third-order valence-electron chi connectivity index (χ3n) is 3.53. The van der Waals surface area contributed by atoms with Gasteiger partial charge in [0.25, 0.3) is 5.69 Å². The van der Waals surface area contributed by atoms with Gasteiger partial charge in [-0.3, -0.25) is 10.1 Å². The summed E-state index contributed by atoms with van der Waals surface area (Å²) < 4.78 is 26.8. The van der Waals surface area contributed by atoms with Gasteiger partial charge < -0.3 is 10.2 Å². The highest BCUT2D eigenvalue weighted by Crippen LogP contribution is 2.29. The third kappa shape index (κ3) is 3.14. The number of benzene rings is 1. The van der Waals surface area contributed by atoms with Gasteiger partial charge in [-0.05, 0) is 13.1 Å². The maximum atomic E-state index is 12.7. The Morgan fingerprint density at radius 2 is 1.86 bits per heavy atom. The van der Waals surface area contributed by atoms with Crippen LogP contribution in [0.4, 0.5) is 11.4 Å². The first kappa shape index (κ1) is 15.7. The molecule has 1 aromatic carbocycles. The molecule has 1 aromatic rings. The van der Waals surface area contributed by atoms with Gasteiger partial charge in [0.2, 0.25) is 10.0 Å². The topological polar surface area (TPSA) is 95.8 Å². The van der Waals surface area contributed by atoms with Gasteiger partial charge in [-0.15, -0.1) is 0 Å². The van der Waals surface area contributed by atoms with E-state index in [-0.39, 0.29) is 10.6 Å². The highest BCUT2D eigenvalue weighted by atomic mass is 32.2. The summed E-state index contributed by atoms with van der Waals surface area (Å²) in [6, 6.07) is 3.81. The maximum Gasteiger partial charge on any atom is 0.270 e. The number of nitro groups is 1. The number of nitro benzene ring substituents is 1. The molecule has 1 fully saturated rings. The number of nitrogens with one attached hydrogen (secondary N) is 1. The highest BCUT2D eigenvalue weighted by molar-refractivity contribution is 7.89. The molecule has 21 heavy (non-hydrogen) atoms. The molecule has 0 atom stereocenters. The van der Waals surface area contributed by atoms with Crippen LogP contribution in [0.1, 0.15) is 0 Å². The van der Waals surface area contributed by atoms with Gasteiger partial charge >= 0.3 is 0 Å². The Bertz CT molecular complexity index is 639. The summed E-state index contributed by atoms with van der Waals surface area (Å²) in [4.78, 5) is 12.3. The molecule has 1 aliphatic heterocycles. The van der Waals surface area contributed by atoms with Crippen LogP contribution in [-0.2, 0) is 10.0 Å². The Morgan fingerprint density at radius 3 is 2.38 bits per heavy atom. The number of non-ortho nitro benzene ring substituents is 1. The molecule has 0 radical (unpaired) electrons. The van der Waals surface area contributed by atoms with Crippen LogP contribution in [0.25, 0.3) is 0 Å². The number of hydrogen-bond acceptors (Lipinski definition) is 6. The Hall–Kier alpha value is -1.71. The fourth-order valence-electron chi connectivity index (χ4n) is 2.21. The van der Waals surface area contributed by atoms with E-state index >= 15 is 0 Å². The standard InChI is InChI=1S/C12H18N4O4S/c1-13-11-4-3-10(16(17)18)9-12(11)21(19,20)15-7-5-14(2)6-8-15/h3-4,9,13H,5-8H2,1-2H3.